The van der Waals surface area contributed by atoms with E-state index < -0.39 is 0 Å². The lowest BCUT2D eigenvalue weighted by molar-refractivity contribution is 0.314. The molecule has 4 aromatic rings. The zero-order chi connectivity index (χ0) is 18.8. The maximum atomic E-state index is 9.78. The SMILES string of the molecule is N/N=C(\c1cccc(O)c1)c1nc2nonc2nc1Nc1cccc(Cl)c1. The third kappa shape index (κ3) is 3.35. The summed E-state index contributed by atoms with van der Waals surface area (Å²) in [5.74, 6) is 6.01. The number of phenols is 1. The van der Waals surface area contributed by atoms with E-state index in [1.807, 2.05) is 6.07 Å². The Balaban J connectivity index is 1.87. The number of fused-ring (bicyclic) bond motifs is 1. The summed E-state index contributed by atoms with van der Waals surface area (Å²) in [4.78, 5) is 8.81. The van der Waals surface area contributed by atoms with Crippen molar-refractivity contribution in [1.82, 2.24) is 20.3 Å². The highest BCUT2D eigenvalue weighted by molar-refractivity contribution is 6.30. The van der Waals surface area contributed by atoms with Gasteiger partial charge in [0.2, 0.25) is 11.3 Å². The number of nitrogens with two attached hydrogens (primary N) is 1. The predicted octanol–water partition coefficient (Wildman–Crippen LogP) is 2.83. The molecule has 2 aromatic carbocycles. The highest BCUT2D eigenvalue weighted by Gasteiger charge is 2.19. The molecule has 0 spiro atoms. The van der Waals surface area contributed by atoms with Crippen LogP contribution in [0.4, 0.5) is 11.5 Å². The second kappa shape index (κ2) is 6.89. The maximum Gasteiger partial charge on any atom is 0.245 e. The first kappa shape index (κ1) is 16.7. The van der Waals surface area contributed by atoms with E-state index in [9.17, 15) is 5.11 Å². The summed E-state index contributed by atoms with van der Waals surface area (Å²) in [5.41, 5.74) is 2.26. The molecule has 4 N–H and O–H groups in total. The van der Waals surface area contributed by atoms with E-state index in [1.54, 1.807) is 36.4 Å². The first-order chi connectivity index (χ1) is 13.1. The van der Waals surface area contributed by atoms with E-state index in [2.05, 4.69) is 30.7 Å². The second-order valence-electron chi connectivity index (χ2n) is 5.50. The predicted molar refractivity (Wildman–Crippen MR) is 100 cm³/mol. The van der Waals surface area contributed by atoms with Crippen LogP contribution >= 0.6 is 11.6 Å². The summed E-state index contributed by atoms with van der Waals surface area (Å²) in [6, 6.07) is 13.6. The summed E-state index contributed by atoms with van der Waals surface area (Å²) < 4.78 is 4.70. The molecule has 0 atom stereocenters. The first-order valence-corrected chi connectivity index (χ1v) is 8.12. The third-order valence-electron chi connectivity index (χ3n) is 3.67. The summed E-state index contributed by atoms with van der Waals surface area (Å²) in [7, 11) is 0. The molecular weight excluding hydrogens is 370 g/mol. The summed E-state index contributed by atoms with van der Waals surface area (Å²) in [6.07, 6.45) is 0. The van der Waals surface area contributed by atoms with Gasteiger partial charge in [0.05, 0.1) is 0 Å². The van der Waals surface area contributed by atoms with Gasteiger partial charge in [-0.2, -0.15) is 5.10 Å². The lowest BCUT2D eigenvalue weighted by Crippen LogP contribution is -2.13. The Kier molecular flexibility index (Phi) is 4.27. The van der Waals surface area contributed by atoms with Crippen LogP contribution in [0, 0.1) is 0 Å². The molecule has 0 amide bonds. The zero-order valence-electron chi connectivity index (χ0n) is 13.7. The molecule has 0 aliphatic carbocycles. The van der Waals surface area contributed by atoms with Gasteiger partial charge in [0.25, 0.3) is 0 Å². The molecule has 0 radical (unpaired) electrons. The van der Waals surface area contributed by atoms with E-state index >= 15 is 0 Å². The summed E-state index contributed by atoms with van der Waals surface area (Å²) in [6.45, 7) is 0. The minimum Gasteiger partial charge on any atom is -0.508 e. The normalized spacial score (nSPS) is 11.7. The van der Waals surface area contributed by atoms with Crippen molar-refractivity contribution in [2.45, 2.75) is 0 Å². The minimum atomic E-state index is 0.0649. The number of hydrogen-bond acceptors (Lipinski definition) is 9. The fourth-order valence-corrected chi connectivity index (χ4v) is 2.71. The quantitative estimate of drug-likeness (QED) is 0.279. The maximum absolute atomic E-state index is 9.78. The Bertz CT molecular complexity index is 1160. The van der Waals surface area contributed by atoms with Gasteiger partial charge >= 0.3 is 0 Å². The van der Waals surface area contributed by atoms with Crippen LogP contribution in [-0.4, -0.2) is 31.1 Å². The van der Waals surface area contributed by atoms with Crippen molar-refractivity contribution in [3.63, 3.8) is 0 Å². The lowest BCUT2D eigenvalue weighted by Gasteiger charge is -2.12. The molecule has 0 bridgehead atoms. The van der Waals surface area contributed by atoms with Gasteiger partial charge in [-0.15, -0.1) is 0 Å². The highest BCUT2D eigenvalue weighted by atomic mass is 35.5. The van der Waals surface area contributed by atoms with Gasteiger partial charge in [0.15, 0.2) is 5.82 Å². The Morgan fingerprint density at radius 3 is 2.59 bits per heavy atom. The molecule has 0 unspecified atom stereocenters. The fourth-order valence-electron chi connectivity index (χ4n) is 2.52. The van der Waals surface area contributed by atoms with E-state index in [0.29, 0.717) is 33.5 Å². The fraction of sp³-hybridized carbons (Fsp3) is 0. The molecule has 4 rings (SSSR count). The number of rotatable bonds is 4. The summed E-state index contributed by atoms with van der Waals surface area (Å²) >= 11 is 6.05. The minimum absolute atomic E-state index is 0.0649. The molecule has 27 heavy (non-hydrogen) atoms. The second-order valence-corrected chi connectivity index (χ2v) is 5.93. The Labute approximate surface area is 157 Å². The average molecular weight is 382 g/mol. The number of anilines is 2. The molecule has 10 heteroatoms. The highest BCUT2D eigenvalue weighted by Crippen LogP contribution is 2.25. The average Bonchev–Trinajstić information content (AvgIpc) is 3.10. The van der Waals surface area contributed by atoms with Gasteiger partial charge < -0.3 is 16.3 Å². The van der Waals surface area contributed by atoms with Gasteiger partial charge in [-0.05, 0) is 40.6 Å². The van der Waals surface area contributed by atoms with Crippen molar-refractivity contribution in [2.75, 3.05) is 5.32 Å². The van der Waals surface area contributed by atoms with Crippen molar-refractivity contribution >= 4 is 40.1 Å². The van der Waals surface area contributed by atoms with Gasteiger partial charge in [-0.1, -0.05) is 29.8 Å². The van der Waals surface area contributed by atoms with Gasteiger partial charge in [0.1, 0.15) is 17.2 Å². The van der Waals surface area contributed by atoms with Crippen LogP contribution in [0.1, 0.15) is 11.3 Å². The number of hydrogen-bond donors (Lipinski definition) is 3. The van der Waals surface area contributed by atoms with Crippen molar-refractivity contribution in [3.8, 4) is 5.75 Å². The topological polar surface area (TPSA) is 135 Å². The first-order valence-electron chi connectivity index (χ1n) is 7.74. The molecular formula is C17H12ClN7O2. The number of nitrogens with zero attached hydrogens (tertiary/aromatic N) is 5. The van der Waals surface area contributed by atoms with Crippen LogP contribution in [0.3, 0.4) is 0 Å². The molecule has 0 aliphatic heterocycles. The molecule has 2 aromatic heterocycles. The lowest BCUT2D eigenvalue weighted by atomic mass is 10.1. The third-order valence-corrected chi connectivity index (χ3v) is 3.91. The van der Waals surface area contributed by atoms with Crippen LogP contribution < -0.4 is 11.2 Å². The summed E-state index contributed by atoms with van der Waals surface area (Å²) in [5, 5.41) is 24.7. The number of aromatic nitrogens is 4. The van der Waals surface area contributed by atoms with Crippen LogP contribution in [0.2, 0.25) is 5.02 Å². The van der Waals surface area contributed by atoms with Gasteiger partial charge in [-0.25, -0.2) is 14.6 Å². The number of phenolic OH excluding ortho intramolecular Hbond substituents is 1. The van der Waals surface area contributed by atoms with Crippen LogP contribution in [0.5, 0.6) is 5.75 Å². The number of aromatic hydroxyl groups is 1. The van der Waals surface area contributed by atoms with Crippen molar-refractivity contribution in [3.05, 3.63) is 64.8 Å². The van der Waals surface area contributed by atoms with Crippen LogP contribution in [0.15, 0.2) is 58.3 Å². The molecule has 134 valence electrons. The number of nitrogens with one attached hydrogen (secondary N) is 1. The van der Waals surface area contributed by atoms with E-state index in [1.165, 1.54) is 6.07 Å². The van der Waals surface area contributed by atoms with E-state index in [-0.39, 0.29) is 17.0 Å². The van der Waals surface area contributed by atoms with Crippen LogP contribution in [-0.2, 0) is 0 Å². The monoisotopic (exact) mass is 381 g/mol. The smallest absolute Gasteiger partial charge is 0.245 e. The Morgan fingerprint density at radius 1 is 1.07 bits per heavy atom. The Hall–Kier alpha value is -3.72. The largest absolute Gasteiger partial charge is 0.508 e. The molecule has 0 saturated carbocycles. The molecule has 2 heterocycles. The molecule has 0 fully saturated rings. The zero-order valence-corrected chi connectivity index (χ0v) is 14.4. The standard InChI is InChI=1S/C17H12ClN7O2/c18-10-4-2-5-11(8-10)20-15-14(21-16-17(22-15)25-27-24-16)13(23-19)9-3-1-6-12(26)7-9/h1-8,26H,19H2,(H,20,22,25)/b23-13+. The van der Waals surface area contributed by atoms with E-state index in [0.717, 1.165) is 0 Å². The van der Waals surface area contributed by atoms with Gasteiger partial charge in [0, 0.05) is 16.3 Å². The molecule has 0 aliphatic rings. The van der Waals surface area contributed by atoms with E-state index in [4.69, 9.17) is 22.1 Å². The number of benzene rings is 2. The molecule has 9 nitrogen and oxygen atoms in total. The molecule has 0 saturated heterocycles. The van der Waals surface area contributed by atoms with Gasteiger partial charge in [-0.3, -0.25) is 0 Å². The van der Waals surface area contributed by atoms with Crippen molar-refractivity contribution < 1.29 is 9.74 Å². The number of halogens is 1. The van der Waals surface area contributed by atoms with Crippen molar-refractivity contribution in [1.29, 1.82) is 0 Å². The Morgan fingerprint density at radius 2 is 1.85 bits per heavy atom. The van der Waals surface area contributed by atoms with Crippen molar-refractivity contribution in [2.24, 2.45) is 10.9 Å². The number of hydrazone groups is 1. The van der Waals surface area contributed by atoms with Crippen LogP contribution in [0.25, 0.3) is 11.3 Å².